The third kappa shape index (κ3) is 11.2. The van der Waals surface area contributed by atoms with Gasteiger partial charge in [-0.3, -0.25) is 15.2 Å². The van der Waals surface area contributed by atoms with Gasteiger partial charge < -0.3 is 20.4 Å². The highest BCUT2D eigenvalue weighted by molar-refractivity contribution is 5.86. The highest BCUT2D eigenvalue weighted by atomic mass is 16.5. The van der Waals surface area contributed by atoms with E-state index >= 15 is 0 Å². The van der Waals surface area contributed by atoms with E-state index in [1.54, 1.807) is 18.1 Å². The molecule has 0 fully saturated rings. The minimum atomic E-state index is -0.967. The average Bonchev–Trinajstić information content (AvgIpc) is 2.92. The quantitative estimate of drug-likeness (QED) is 0.151. The Balaban J connectivity index is 2.22. The van der Waals surface area contributed by atoms with Crippen molar-refractivity contribution in [3.8, 4) is 11.3 Å². The van der Waals surface area contributed by atoms with Crippen LogP contribution in [-0.4, -0.2) is 63.6 Å². The highest BCUT2D eigenvalue weighted by Crippen LogP contribution is 2.21. The van der Waals surface area contributed by atoms with Gasteiger partial charge in [0.15, 0.2) is 0 Å². The van der Waals surface area contributed by atoms with Crippen LogP contribution in [0.2, 0.25) is 0 Å². The van der Waals surface area contributed by atoms with E-state index < -0.39 is 35.6 Å². The molecule has 0 bridgehead atoms. The number of carbonyl (C=O) groups is 2. The molecule has 0 spiro atoms. The van der Waals surface area contributed by atoms with Crippen molar-refractivity contribution in [2.24, 2.45) is 5.41 Å². The van der Waals surface area contributed by atoms with E-state index in [1.165, 1.54) is 0 Å². The van der Waals surface area contributed by atoms with Gasteiger partial charge in [0.05, 0.1) is 24.4 Å². The summed E-state index contributed by atoms with van der Waals surface area (Å²) in [6.45, 7) is 9.89. The number of ether oxygens (including phenoxy) is 1. The van der Waals surface area contributed by atoms with Crippen LogP contribution in [0.3, 0.4) is 0 Å². The summed E-state index contributed by atoms with van der Waals surface area (Å²) in [7, 11) is 0. The highest BCUT2D eigenvalue weighted by Gasteiger charge is 2.34. The summed E-state index contributed by atoms with van der Waals surface area (Å²) >= 11 is 0. The van der Waals surface area contributed by atoms with Crippen molar-refractivity contribution in [3.05, 3.63) is 54.2 Å². The number of rotatable bonds is 16. The summed E-state index contributed by atoms with van der Waals surface area (Å²) in [5.74, 6) is -0.436. The number of nitrogens with one attached hydrogen (secondary N) is 3. The number of hydrogen-bond donors (Lipinski definition) is 5. The van der Waals surface area contributed by atoms with Gasteiger partial charge in [0, 0.05) is 24.8 Å². The van der Waals surface area contributed by atoms with Crippen LogP contribution in [-0.2, 0) is 16.1 Å². The van der Waals surface area contributed by atoms with Crippen LogP contribution >= 0.6 is 0 Å². The van der Waals surface area contributed by atoms with Crippen molar-refractivity contribution in [1.29, 1.82) is 0 Å². The van der Waals surface area contributed by atoms with E-state index in [0.29, 0.717) is 6.42 Å². The SMILES string of the molecule is CCCCCCC(NO)C(O)CN(Cc1ccc(-c2ccccn2)cc1)NC(=O)C(NC(=O)OCC)C(C)(C)C. The first-order valence-corrected chi connectivity index (χ1v) is 14.2. The summed E-state index contributed by atoms with van der Waals surface area (Å²) in [5.41, 5.74) is 7.24. The molecular formula is C30H47N5O5. The lowest BCUT2D eigenvalue weighted by atomic mass is 9.86. The van der Waals surface area contributed by atoms with Crippen molar-refractivity contribution >= 4 is 12.0 Å². The Labute approximate surface area is 238 Å². The van der Waals surface area contributed by atoms with Gasteiger partial charge in [-0.15, -0.1) is 0 Å². The summed E-state index contributed by atoms with van der Waals surface area (Å²) in [4.78, 5) is 30.0. The first-order chi connectivity index (χ1) is 19.1. The van der Waals surface area contributed by atoms with E-state index in [4.69, 9.17) is 4.74 Å². The third-order valence-corrected chi connectivity index (χ3v) is 6.63. The molecule has 0 saturated heterocycles. The maximum absolute atomic E-state index is 13.5. The molecule has 1 aromatic heterocycles. The molecule has 0 saturated carbocycles. The second-order valence-electron chi connectivity index (χ2n) is 11.1. The number of hydroxylamine groups is 1. The van der Waals surface area contributed by atoms with Gasteiger partial charge in [0.25, 0.3) is 5.91 Å². The third-order valence-electron chi connectivity index (χ3n) is 6.63. The van der Waals surface area contributed by atoms with Crippen LogP contribution < -0.4 is 16.2 Å². The Hall–Kier alpha value is -3.05. The van der Waals surface area contributed by atoms with E-state index in [0.717, 1.165) is 42.5 Å². The van der Waals surface area contributed by atoms with Gasteiger partial charge in [0.1, 0.15) is 6.04 Å². The fraction of sp³-hybridized carbons (Fsp3) is 0.567. The van der Waals surface area contributed by atoms with Crippen LogP contribution in [0, 0.1) is 5.41 Å². The van der Waals surface area contributed by atoms with Crippen LogP contribution in [0.5, 0.6) is 0 Å². The normalized spacial score (nSPS) is 13.9. The van der Waals surface area contributed by atoms with Crippen LogP contribution in [0.25, 0.3) is 11.3 Å². The molecule has 2 aromatic rings. The molecule has 2 amide bonds. The van der Waals surface area contributed by atoms with Crippen molar-refractivity contribution in [1.82, 2.24) is 26.2 Å². The fourth-order valence-corrected chi connectivity index (χ4v) is 4.36. The zero-order chi connectivity index (χ0) is 29.5. The Morgan fingerprint density at radius 2 is 1.77 bits per heavy atom. The van der Waals surface area contributed by atoms with Gasteiger partial charge in [-0.2, -0.15) is 5.48 Å². The molecule has 222 valence electrons. The number of aliphatic hydroxyl groups excluding tert-OH is 1. The van der Waals surface area contributed by atoms with E-state index in [9.17, 15) is 19.9 Å². The predicted octanol–water partition coefficient (Wildman–Crippen LogP) is 4.42. The number of hydrazine groups is 1. The molecular weight excluding hydrogens is 510 g/mol. The molecule has 3 atom stereocenters. The number of alkyl carbamates (subject to hydrolysis) is 1. The predicted molar refractivity (Wildman–Crippen MR) is 155 cm³/mol. The largest absolute Gasteiger partial charge is 0.450 e. The molecule has 2 rings (SSSR count). The van der Waals surface area contributed by atoms with Gasteiger partial charge in [0.2, 0.25) is 0 Å². The monoisotopic (exact) mass is 557 g/mol. The number of hydrogen-bond acceptors (Lipinski definition) is 8. The van der Waals surface area contributed by atoms with E-state index in [2.05, 4.69) is 28.1 Å². The van der Waals surface area contributed by atoms with Crippen molar-refractivity contribution in [2.45, 2.75) is 91.5 Å². The zero-order valence-electron chi connectivity index (χ0n) is 24.5. The number of pyridine rings is 1. The molecule has 10 heteroatoms. The number of aliphatic hydroxyl groups is 1. The summed E-state index contributed by atoms with van der Waals surface area (Å²) < 4.78 is 5.01. The number of nitrogens with zero attached hydrogens (tertiary/aromatic N) is 2. The molecule has 0 aliphatic heterocycles. The topological polar surface area (TPSA) is 136 Å². The maximum atomic E-state index is 13.5. The lowest BCUT2D eigenvalue weighted by Crippen LogP contribution is -2.58. The first-order valence-electron chi connectivity index (χ1n) is 14.2. The van der Waals surface area contributed by atoms with Crippen molar-refractivity contribution in [2.75, 3.05) is 13.2 Å². The molecule has 10 nitrogen and oxygen atoms in total. The van der Waals surface area contributed by atoms with E-state index in [1.807, 2.05) is 63.2 Å². The second-order valence-corrected chi connectivity index (χ2v) is 11.1. The summed E-state index contributed by atoms with van der Waals surface area (Å²) in [6, 6.07) is 12.1. The van der Waals surface area contributed by atoms with Gasteiger partial charge >= 0.3 is 6.09 Å². The van der Waals surface area contributed by atoms with Crippen LogP contribution in [0.4, 0.5) is 4.79 Å². The number of unbranched alkanes of at least 4 members (excludes halogenated alkanes) is 3. The first kappa shape index (κ1) is 33.2. The Morgan fingerprint density at radius 1 is 1.05 bits per heavy atom. The number of carbonyl (C=O) groups excluding carboxylic acids is 2. The molecule has 3 unspecified atom stereocenters. The van der Waals surface area contributed by atoms with Crippen LogP contribution in [0.1, 0.15) is 72.3 Å². The molecule has 0 radical (unpaired) electrons. The second kappa shape index (κ2) is 16.9. The maximum Gasteiger partial charge on any atom is 0.407 e. The summed E-state index contributed by atoms with van der Waals surface area (Å²) in [5, 5.41) is 25.0. The molecule has 5 N–H and O–H groups in total. The Bertz CT molecular complexity index is 1010. The average molecular weight is 558 g/mol. The van der Waals surface area contributed by atoms with Gasteiger partial charge in [-0.1, -0.05) is 83.7 Å². The van der Waals surface area contributed by atoms with Crippen LogP contribution in [0.15, 0.2) is 48.7 Å². The number of amides is 2. The number of aromatic nitrogens is 1. The number of benzene rings is 1. The molecule has 1 aromatic carbocycles. The standard InChI is InChI=1S/C30H47N5O5/c1-6-8-9-10-14-25(34-39)26(36)21-35(33-28(37)27(30(3,4)5)32-29(38)40-7-2)20-22-15-17-23(18-16-22)24-13-11-12-19-31-24/h11-13,15-19,25-27,34,36,39H,6-10,14,20-21H2,1-5H3,(H,32,38)(H,33,37). The lowest BCUT2D eigenvalue weighted by molar-refractivity contribution is -0.131. The van der Waals surface area contributed by atoms with Gasteiger partial charge in [-0.05, 0) is 36.5 Å². The zero-order valence-corrected chi connectivity index (χ0v) is 24.5. The molecule has 0 aliphatic rings. The van der Waals surface area contributed by atoms with Crippen molar-refractivity contribution in [3.63, 3.8) is 0 Å². The van der Waals surface area contributed by atoms with E-state index in [-0.39, 0.29) is 19.7 Å². The summed E-state index contributed by atoms with van der Waals surface area (Å²) in [6.07, 6.45) is 4.74. The smallest absolute Gasteiger partial charge is 0.407 e. The Kier molecular flexibility index (Phi) is 14.0. The minimum Gasteiger partial charge on any atom is -0.450 e. The molecule has 40 heavy (non-hydrogen) atoms. The van der Waals surface area contributed by atoms with Crippen molar-refractivity contribution < 1.29 is 24.6 Å². The minimum absolute atomic E-state index is 0.0516. The molecule has 0 aliphatic carbocycles. The van der Waals surface area contributed by atoms with Gasteiger partial charge in [-0.25, -0.2) is 9.80 Å². The fourth-order valence-electron chi connectivity index (χ4n) is 4.36. The Morgan fingerprint density at radius 3 is 2.35 bits per heavy atom. The lowest BCUT2D eigenvalue weighted by Gasteiger charge is -2.34. The molecule has 1 heterocycles.